The quantitative estimate of drug-likeness (QED) is 0.111. The van der Waals surface area contributed by atoms with Gasteiger partial charge in [-0.1, -0.05) is 25.7 Å². The van der Waals surface area contributed by atoms with Gasteiger partial charge in [-0.05, 0) is 25.7 Å². The van der Waals surface area contributed by atoms with Crippen LogP contribution in [0.15, 0.2) is 0 Å². The Hall–Kier alpha value is -0.866. The van der Waals surface area contributed by atoms with Crippen molar-refractivity contribution in [3.05, 3.63) is 0 Å². The number of rotatable bonds is 23. The van der Waals surface area contributed by atoms with Crippen LogP contribution in [0.4, 0.5) is 0 Å². The lowest BCUT2D eigenvalue weighted by Gasteiger charge is -2.24. The van der Waals surface area contributed by atoms with E-state index in [1.165, 1.54) is 0 Å². The van der Waals surface area contributed by atoms with Gasteiger partial charge < -0.3 is 36.0 Å². The first-order valence-corrected chi connectivity index (χ1v) is 15.8. The van der Waals surface area contributed by atoms with E-state index in [1.807, 2.05) is 0 Å². The van der Waals surface area contributed by atoms with Crippen molar-refractivity contribution in [3.8, 4) is 0 Å². The largest absolute Gasteiger partial charge is 0.500 e. The molecule has 0 unspecified atom stereocenters. The van der Waals surface area contributed by atoms with E-state index < -0.39 is 17.6 Å². The van der Waals surface area contributed by atoms with Gasteiger partial charge in [0.1, 0.15) is 0 Å². The van der Waals surface area contributed by atoms with Crippen LogP contribution in [0.3, 0.4) is 0 Å². The summed E-state index contributed by atoms with van der Waals surface area (Å²) in [7, 11) is 4.65. The smallest absolute Gasteiger partial charge is 0.466 e. The van der Waals surface area contributed by atoms with Crippen molar-refractivity contribution in [3.63, 3.8) is 0 Å². The van der Waals surface area contributed by atoms with E-state index in [0.29, 0.717) is 13.2 Å². The Bertz CT molecular complexity index is 465. The SMILES string of the molecule is CO[Si](CCCCCCOC(=O)CCC(=O)OCCCCCC[Si](OC)(OC)OC)(OC)OC. The molecule has 10 nitrogen and oxygen atoms in total. The molecule has 0 aromatic carbocycles. The summed E-state index contributed by atoms with van der Waals surface area (Å²) in [5.41, 5.74) is 0. The maximum Gasteiger partial charge on any atom is 0.500 e. The Kier molecular flexibility index (Phi) is 19.8. The van der Waals surface area contributed by atoms with Crippen LogP contribution in [0.2, 0.25) is 12.1 Å². The highest BCUT2D eigenvalue weighted by Crippen LogP contribution is 2.18. The molecule has 0 saturated heterocycles. The number of carbonyl (C=O) groups excluding carboxylic acids is 2. The van der Waals surface area contributed by atoms with Gasteiger partial charge in [0, 0.05) is 54.7 Å². The van der Waals surface area contributed by atoms with Gasteiger partial charge in [0.05, 0.1) is 26.1 Å². The zero-order chi connectivity index (χ0) is 25.7. The van der Waals surface area contributed by atoms with Gasteiger partial charge >= 0.3 is 29.5 Å². The molecule has 0 aliphatic heterocycles. The molecule has 0 heterocycles. The molecule has 0 radical (unpaired) electrons. The summed E-state index contributed by atoms with van der Waals surface area (Å²) in [6.45, 7) is 0.712. The zero-order valence-corrected chi connectivity index (χ0v) is 24.0. The summed E-state index contributed by atoms with van der Waals surface area (Å²) in [6, 6.07) is 1.52. The average Bonchev–Trinajstić information content (AvgIpc) is 2.87. The molecule has 0 spiro atoms. The molecule has 34 heavy (non-hydrogen) atoms. The van der Waals surface area contributed by atoms with E-state index >= 15 is 0 Å². The Labute approximate surface area is 207 Å². The number of unbranched alkanes of at least 4 members (excludes halogenated alkanes) is 6. The van der Waals surface area contributed by atoms with E-state index in [2.05, 4.69) is 0 Å². The van der Waals surface area contributed by atoms with Gasteiger partial charge in [-0.15, -0.1) is 0 Å². The molecule has 0 aliphatic carbocycles. The van der Waals surface area contributed by atoms with Gasteiger partial charge in [0.2, 0.25) is 0 Å². The lowest BCUT2D eigenvalue weighted by atomic mass is 10.2. The second-order valence-corrected chi connectivity index (χ2v) is 14.0. The molecule has 12 heteroatoms. The third kappa shape index (κ3) is 14.5. The summed E-state index contributed by atoms with van der Waals surface area (Å²) in [5.74, 6) is -0.743. The maximum absolute atomic E-state index is 11.8. The van der Waals surface area contributed by atoms with E-state index in [-0.39, 0.29) is 24.8 Å². The van der Waals surface area contributed by atoms with E-state index in [4.69, 9.17) is 36.0 Å². The fourth-order valence-corrected chi connectivity index (χ4v) is 7.02. The number of esters is 2. The number of hydrogen-bond acceptors (Lipinski definition) is 10. The van der Waals surface area contributed by atoms with Crippen molar-refractivity contribution in [2.75, 3.05) is 55.9 Å². The van der Waals surface area contributed by atoms with Gasteiger partial charge in [0.15, 0.2) is 0 Å². The van der Waals surface area contributed by atoms with Gasteiger partial charge in [-0.3, -0.25) is 9.59 Å². The third-order valence-corrected chi connectivity index (χ3v) is 11.3. The number of hydrogen-bond donors (Lipinski definition) is 0. The first-order chi connectivity index (χ1) is 16.4. The Morgan fingerprint density at radius 2 is 0.765 bits per heavy atom. The van der Waals surface area contributed by atoms with Crippen molar-refractivity contribution >= 4 is 29.5 Å². The third-order valence-electron chi connectivity index (χ3n) is 5.68. The van der Waals surface area contributed by atoms with Crippen molar-refractivity contribution in [1.29, 1.82) is 0 Å². The molecule has 0 aromatic rings. The van der Waals surface area contributed by atoms with Crippen molar-refractivity contribution in [2.24, 2.45) is 0 Å². The maximum atomic E-state index is 11.8. The van der Waals surface area contributed by atoms with E-state index in [1.54, 1.807) is 42.7 Å². The predicted octanol–water partition coefficient (Wildman–Crippen LogP) is 3.73. The number of carbonyl (C=O) groups is 2. The molecule has 202 valence electrons. The molecular formula is C22H46O10Si2. The van der Waals surface area contributed by atoms with Crippen LogP contribution < -0.4 is 0 Å². The average molecular weight is 527 g/mol. The minimum Gasteiger partial charge on any atom is -0.466 e. The van der Waals surface area contributed by atoms with Crippen LogP contribution in [-0.2, 0) is 45.6 Å². The predicted molar refractivity (Wildman–Crippen MR) is 131 cm³/mol. The molecule has 0 saturated carbocycles. The molecule has 0 N–H and O–H groups in total. The summed E-state index contributed by atoms with van der Waals surface area (Å²) in [6.07, 6.45) is 7.31. The van der Waals surface area contributed by atoms with Crippen LogP contribution in [0, 0.1) is 0 Å². The monoisotopic (exact) mass is 526 g/mol. The summed E-state index contributed by atoms with van der Waals surface area (Å²) in [5, 5.41) is 0. The van der Waals surface area contributed by atoms with Gasteiger partial charge in [-0.25, -0.2) is 0 Å². The normalized spacial score (nSPS) is 12.1. The first kappa shape index (κ1) is 33.1. The first-order valence-electron chi connectivity index (χ1n) is 12.0. The van der Waals surface area contributed by atoms with Crippen LogP contribution in [0.1, 0.15) is 64.2 Å². The second-order valence-electron chi connectivity index (χ2n) is 7.86. The van der Waals surface area contributed by atoms with Crippen LogP contribution in [0.5, 0.6) is 0 Å². The summed E-state index contributed by atoms with van der Waals surface area (Å²) < 4.78 is 42.7. The molecule has 0 aromatic heterocycles. The van der Waals surface area contributed by atoms with E-state index in [9.17, 15) is 9.59 Å². The van der Waals surface area contributed by atoms with Crippen LogP contribution >= 0.6 is 0 Å². The fourth-order valence-electron chi connectivity index (χ4n) is 3.43. The van der Waals surface area contributed by atoms with Crippen molar-refractivity contribution < 1.29 is 45.6 Å². The summed E-state index contributed by atoms with van der Waals surface area (Å²) >= 11 is 0. The molecule has 0 fully saturated rings. The highest BCUT2D eigenvalue weighted by Gasteiger charge is 2.37. The molecule has 0 amide bonds. The zero-order valence-electron chi connectivity index (χ0n) is 22.0. The second kappa shape index (κ2) is 20.3. The van der Waals surface area contributed by atoms with Crippen LogP contribution in [-0.4, -0.2) is 85.4 Å². The van der Waals surface area contributed by atoms with Crippen LogP contribution in [0.25, 0.3) is 0 Å². The molecule has 0 aliphatic rings. The fraction of sp³-hybridized carbons (Fsp3) is 0.909. The minimum atomic E-state index is -2.50. The minimum absolute atomic E-state index is 0.0419. The highest BCUT2D eigenvalue weighted by molar-refractivity contribution is 6.60. The molecular weight excluding hydrogens is 480 g/mol. The summed E-state index contributed by atoms with van der Waals surface area (Å²) in [4.78, 5) is 23.6. The topological polar surface area (TPSA) is 108 Å². The molecule has 0 rings (SSSR count). The van der Waals surface area contributed by atoms with Gasteiger partial charge in [-0.2, -0.15) is 0 Å². The Morgan fingerprint density at radius 3 is 1.06 bits per heavy atom. The lowest BCUT2D eigenvalue weighted by molar-refractivity contribution is -0.150. The standard InChI is InChI=1S/C22H46O10Si2/c1-25-33(26-2,27-3)19-13-9-7-11-17-31-21(23)15-16-22(24)32-18-12-8-10-14-20-34(28-4,29-5)30-6/h7-20H2,1-6H3. The van der Waals surface area contributed by atoms with Gasteiger partial charge in [0.25, 0.3) is 0 Å². The molecule has 0 atom stereocenters. The van der Waals surface area contributed by atoms with E-state index in [0.717, 1.165) is 63.5 Å². The lowest BCUT2D eigenvalue weighted by Crippen LogP contribution is -2.42. The highest BCUT2D eigenvalue weighted by atomic mass is 28.4. The number of ether oxygens (including phenoxy) is 2. The Balaban J connectivity index is 3.66. The van der Waals surface area contributed by atoms with Crippen molar-refractivity contribution in [2.45, 2.75) is 76.3 Å². The molecule has 0 bridgehead atoms. The Morgan fingerprint density at radius 1 is 0.471 bits per heavy atom. The van der Waals surface area contributed by atoms with Crippen molar-refractivity contribution in [1.82, 2.24) is 0 Å².